The van der Waals surface area contributed by atoms with Gasteiger partial charge in [-0.15, -0.1) is 0 Å². The highest BCUT2D eigenvalue weighted by Gasteiger charge is 2.11. The molecule has 1 heterocycles. The van der Waals surface area contributed by atoms with Crippen LogP contribution in [0, 0.1) is 6.92 Å². The van der Waals surface area contributed by atoms with Gasteiger partial charge in [0.2, 0.25) is 5.91 Å². The number of hydrogen-bond acceptors (Lipinski definition) is 4. The number of hydrogen-bond donors (Lipinski definition) is 1. The maximum absolute atomic E-state index is 12.0. The monoisotopic (exact) mass is 340 g/mol. The standard InChI is InChI=1S/C19H20N2O2S/c1-14-6-8-15(9-7-14)13-24-11-10-20-19(22)12-17-16-4-2-3-5-18(16)23-21-17/h2-9H,10-13H2,1H3,(H,20,22). The first-order valence-electron chi connectivity index (χ1n) is 7.95. The third-order valence-electron chi connectivity index (χ3n) is 3.74. The van der Waals surface area contributed by atoms with Gasteiger partial charge in [-0.2, -0.15) is 11.8 Å². The molecule has 0 atom stereocenters. The molecule has 0 aliphatic heterocycles. The van der Waals surface area contributed by atoms with Crippen LogP contribution in [-0.2, 0) is 17.0 Å². The van der Waals surface area contributed by atoms with E-state index in [4.69, 9.17) is 4.52 Å². The number of aryl methyl sites for hydroxylation is 1. The predicted molar refractivity (Wildman–Crippen MR) is 98.1 cm³/mol. The lowest BCUT2D eigenvalue weighted by molar-refractivity contribution is -0.120. The molecule has 0 radical (unpaired) electrons. The van der Waals surface area contributed by atoms with Crippen molar-refractivity contribution >= 4 is 28.6 Å². The van der Waals surface area contributed by atoms with Gasteiger partial charge in [-0.25, -0.2) is 0 Å². The minimum absolute atomic E-state index is 0.0232. The second-order valence-electron chi connectivity index (χ2n) is 5.69. The van der Waals surface area contributed by atoms with Gasteiger partial charge in [-0.05, 0) is 24.6 Å². The molecule has 3 rings (SSSR count). The average Bonchev–Trinajstić information content (AvgIpc) is 2.99. The van der Waals surface area contributed by atoms with Gasteiger partial charge in [0.05, 0.1) is 6.42 Å². The van der Waals surface area contributed by atoms with E-state index in [0.29, 0.717) is 17.8 Å². The molecule has 0 saturated heterocycles. The highest BCUT2D eigenvalue weighted by molar-refractivity contribution is 7.98. The number of rotatable bonds is 7. The fourth-order valence-corrected chi connectivity index (χ4v) is 3.24. The van der Waals surface area contributed by atoms with Crippen molar-refractivity contribution in [3.8, 4) is 0 Å². The molecule has 1 aromatic heterocycles. The molecule has 2 aromatic carbocycles. The van der Waals surface area contributed by atoms with Crippen molar-refractivity contribution in [1.82, 2.24) is 10.5 Å². The van der Waals surface area contributed by atoms with Crippen molar-refractivity contribution in [2.75, 3.05) is 12.3 Å². The summed E-state index contributed by atoms with van der Waals surface area (Å²) in [5.74, 6) is 1.83. The van der Waals surface area contributed by atoms with Crippen molar-refractivity contribution in [3.05, 3.63) is 65.4 Å². The van der Waals surface area contributed by atoms with Crippen molar-refractivity contribution in [2.45, 2.75) is 19.1 Å². The average molecular weight is 340 g/mol. The molecular formula is C19H20N2O2S. The van der Waals surface area contributed by atoms with Crippen molar-refractivity contribution < 1.29 is 9.32 Å². The minimum atomic E-state index is -0.0232. The number of carbonyl (C=O) groups excluding carboxylic acids is 1. The number of nitrogens with zero attached hydrogens (tertiary/aromatic N) is 1. The van der Waals surface area contributed by atoms with E-state index in [1.807, 2.05) is 36.0 Å². The van der Waals surface area contributed by atoms with E-state index in [9.17, 15) is 4.79 Å². The summed E-state index contributed by atoms with van der Waals surface area (Å²) >= 11 is 1.82. The molecule has 0 fully saturated rings. The second-order valence-corrected chi connectivity index (χ2v) is 6.80. The van der Waals surface area contributed by atoms with E-state index in [0.717, 1.165) is 16.9 Å². The van der Waals surface area contributed by atoms with Gasteiger partial charge in [0.1, 0.15) is 5.69 Å². The maximum Gasteiger partial charge on any atom is 0.226 e. The van der Waals surface area contributed by atoms with Crippen molar-refractivity contribution in [3.63, 3.8) is 0 Å². The highest BCUT2D eigenvalue weighted by Crippen LogP contribution is 2.18. The van der Waals surface area contributed by atoms with Crippen LogP contribution in [0.1, 0.15) is 16.8 Å². The highest BCUT2D eigenvalue weighted by atomic mass is 32.2. The topological polar surface area (TPSA) is 55.1 Å². The van der Waals surface area contributed by atoms with Crippen LogP contribution in [0.25, 0.3) is 11.0 Å². The molecule has 3 aromatic rings. The molecular weight excluding hydrogens is 320 g/mol. The van der Waals surface area contributed by atoms with E-state index >= 15 is 0 Å². The van der Waals surface area contributed by atoms with Gasteiger partial charge in [0.15, 0.2) is 5.58 Å². The summed E-state index contributed by atoms with van der Waals surface area (Å²) in [4.78, 5) is 12.0. The molecule has 0 saturated carbocycles. The molecule has 1 amide bonds. The Bertz CT molecular complexity index is 812. The van der Waals surface area contributed by atoms with Crippen molar-refractivity contribution in [1.29, 1.82) is 0 Å². The van der Waals surface area contributed by atoms with Gasteiger partial charge in [-0.3, -0.25) is 4.79 Å². The van der Waals surface area contributed by atoms with Gasteiger partial charge in [0, 0.05) is 23.4 Å². The molecule has 0 spiro atoms. The Hall–Kier alpha value is -2.27. The molecule has 0 bridgehead atoms. The molecule has 0 aliphatic carbocycles. The number of nitrogens with one attached hydrogen (secondary N) is 1. The lowest BCUT2D eigenvalue weighted by atomic mass is 10.2. The molecule has 5 heteroatoms. The van der Waals surface area contributed by atoms with Crippen LogP contribution in [-0.4, -0.2) is 23.4 Å². The molecule has 1 N–H and O–H groups in total. The zero-order valence-corrected chi connectivity index (χ0v) is 14.4. The van der Waals surface area contributed by atoms with E-state index in [-0.39, 0.29) is 12.3 Å². The number of aromatic nitrogens is 1. The quantitative estimate of drug-likeness (QED) is 0.666. The number of amides is 1. The summed E-state index contributed by atoms with van der Waals surface area (Å²) in [6, 6.07) is 16.1. The largest absolute Gasteiger partial charge is 0.356 e. The first-order valence-corrected chi connectivity index (χ1v) is 9.11. The molecule has 4 nitrogen and oxygen atoms in total. The van der Waals surface area contributed by atoms with Gasteiger partial charge in [0.25, 0.3) is 0 Å². The molecule has 24 heavy (non-hydrogen) atoms. The van der Waals surface area contributed by atoms with Gasteiger partial charge >= 0.3 is 0 Å². The normalized spacial score (nSPS) is 10.9. The first-order chi connectivity index (χ1) is 11.7. The number of benzene rings is 2. The summed E-state index contributed by atoms with van der Waals surface area (Å²) in [6.45, 7) is 2.75. The fraction of sp³-hybridized carbons (Fsp3) is 0.263. The summed E-state index contributed by atoms with van der Waals surface area (Å²) in [6.07, 6.45) is 0.250. The van der Waals surface area contributed by atoms with Gasteiger partial charge in [-0.1, -0.05) is 47.1 Å². The summed E-state index contributed by atoms with van der Waals surface area (Å²) in [5, 5.41) is 7.83. The maximum atomic E-state index is 12.0. The number of thioether (sulfide) groups is 1. The smallest absolute Gasteiger partial charge is 0.226 e. The zero-order chi connectivity index (χ0) is 16.8. The Morgan fingerprint density at radius 2 is 1.96 bits per heavy atom. The fourth-order valence-electron chi connectivity index (χ4n) is 2.42. The number of para-hydroxylation sites is 1. The van der Waals surface area contributed by atoms with E-state index in [1.165, 1.54) is 11.1 Å². The third-order valence-corrected chi connectivity index (χ3v) is 4.77. The zero-order valence-electron chi connectivity index (χ0n) is 13.6. The summed E-state index contributed by atoms with van der Waals surface area (Å²) in [7, 11) is 0. The SMILES string of the molecule is Cc1ccc(CSCCNC(=O)Cc2noc3ccccc23)cc1. The van der Waals surface area contributed by atoms with Crippen LogP contribution < -0.4 is 5.32 Å². The Kier molecular flexibility index (Phi) is 5.54. The Morgan fingerprint density at radius 1 is 1.17 bits per heavy atom. The third kappa shape index (κ3) is 4.38. The van der Waals surface area contributed by atoms with E-state index in [1.54, 1.807) is 0 Å². The van der Waals surface area contributed by atoms with Gasteiger partial charge < -0.3 is 9.84 Å². The Morgan fingerprint density at radius 3 is 2.79 bits per heavy atom. The van der Waals surface area contributed by atoms with Crippen molar-refractivity contribution in [2.24, 2.45) is 0 Å². The Balaban J connectivity index is 1.39. The van der Waals surface area contributed by atoms with Crippen LogP contribution in [0.2, 0.25) is 0 Å². The summed E-state index contributed by atoms with van der Waals surface area (Å²) < 4.78 is 5.22. The Labute approximate surface area is 145 Å². The minimum Gasteiger partial charge on any atom is -0.356 e. The second kappa shape index (κ2) is 8.02. The summed E-state index contributed by atoms with van der Waals surface area (Å²) in [5.41, 5.74) is 3.99. The predicted octanol–water partition coefficient (Wildman–Crippen LogP) is 3.73. The number of carbonyl (C=O) groups is 1. The molecule has 0 unspecified atom stereocenters. The lowest BCUT2D eigenvalue weighted by Gasteiger charge is -2.05. The lowest BCUT2D eigenvalue weighted by Crippen LogP contribution is -2.27. The van der Waals surface area contributed by atoms with Crippen LogP contribution in [0.3, 0.4) is 0 Å². The molecule has 0 aliphatic rings. The van der Waals surface area contributed by atoms with Crippen LogP contribution in [0.4, 0.5) is 0 Å². The van der Waals surface area contributed by atoms with Crippen LogP contribution in [0.15, 0.2) is 53.1 Å². The van der Waals surface area contributed by atoms with E-state index in [2.05, 4.69) is 41.7 Å². The first kappa shape index (κ1) is 16.6. The molecule has 124 valence electrons. The number of fused-ring (bicyclic) bond motifs is 1. The van der Waals surface area contributed by atoms with Crippen LogP contribution >= 0.6 is 11.8 Å². The van der Waals surface area contributed by atoms with E-state index < -0.39 is 0 Å². The van der Waals surface area contributed by atoms with Crippen LogP contribution in [0.5, 0.6) is 0 Å².